The smallest absolute Gasteiger partial charge is 0.410 e. The number of rotatable bonds is 9. The maximum absolute atomic E-state index is 12.2. The highest BCUT2D eigenvalue weighted by Crippen LogP contribution is 2.27. The summed E-state index contributed by atoms with van der Waals surface area (Å²) in [6, 6.07) is 5.88. The summed E-state index contributed by atoms with van der Waals surface area (Å²) >= 11 is 0. The van der Waals surface area contributed by atoms with E-state index >= 15 is 0 Å². The van der Waals surface area contributed by atoms with Crippen LogP contribution in [0.15, 0.2) is 23.2 Å². The first-order valence-corrected chi connectivity index (χ1v) is 9.87. The lowest BCUT2D eigenvalue weighted by Crippen LogP contribution is -2.44. The lowest BCUT2D eigenvalue weighted by atomic mass is 10.1. The van der Waals surface area contributed by atoms with Gasteiger partial charge in [0, 0.05) is 33.2 Å². The van der Waals surface area contributed by atoms with Gasteiger partial charge in [-0.1, -0.05) is 6.07 Å². The molecule has 0 fully saturated rings. The van der Waals surface area contributed by atoms with Gasteiger partial charge < -0.3 is 29.7 Å². The maximum atomic E-state index is 12.2. The fourth-order valence-corrected chi connectivity index (χ4v) is 2.60. The molecule has 1 rings (SSSR count). The van der Waals surface area contributed by atoms with E-state index in [0.29, 0.717) is 43.6 Å². The summed E-state index contributed by atoms with van der Waals surface area (Å²) in [7, 11) is 4.97. The van der Waals surface area contributed by atoms with Crippen molar-refractivity contribution in [2.45, 2.75) is 39.7 Å². The van der Waals surface area contributed by atoms with Crippen molar-refractivity contribution in [3.8, 4) is 11.5 Å². The average molecular weight is 409 g/mol. The van der Waals surface area contributed by atoms with Gasteiger partial charge in [0.15, 0.2) is 17.5 Å². The van der Waals surface area contributed by atoms with Crippen molar-refractivity contribution in [1.29, 1.82) is 0 Å². The summed E-state index contributed by atoms with van der Waals surface area (Å²) in [5.41, 5.74) is 0.632. The van der Waals surface area contributed by atoms with Crippen molar-refractivity contribution < 1.29 is 19.0 Å². The number of carbonyl (C=O) groups is 1. The molecule has 8 heteroatoms. The van der Waals surface area contributed by atoms with Gasteiger partial charge in [0.05, 0.1) is 14.2 Å². The number of nitrogens with one attached hydrogen (secondary N) is 2. The molecule has 0 spiro atoms. The third kappa shape index (κ3) is 8.93. The van der Waals surface area contributed by atoms with Crippen molar-refractivity contribution in [3.63, 3.8) is 0 Å². The van der Waals surface area contributed by atoms with Crippen molar-refractivity contribution >= 4 is 12.1 Å². The van der Waals surface area contributed by atoms with Gasteiger partial charge in [-0.25, -0.2) is 4.79 Å². The van der Waals surface area contributed by atoms with Crippen LogP contribution in [0.5, 0.6) is 11.5 Å². The molecular formula is C21H36N4O4. The van der Waals surface area contributed by atoms with Crippen molar-refractivity contribution in [2.24, 2.45) is 4.99 Å². The van der Waals surface area contributed by atoms with E-state index in [4.69, 9.17) is 14.2 Å². The number of hydrogen-bond donors (Lipinski definition) is 2. The molecule has 0 radical (unpaired) electrons. The minimum atomic E-state index is -0.500. The fourth-order valence-electron chi connectivity index (χ4n) is 2.60. The molecule has 1 aromatic rings. The Hall–Kier alpha value is -2.64. The Labute approximate surface area is 174 Å². The molecule has 0 atom stereocenters. The van der Waals surface area contributed by atoms with Crippen LogP contribution in [-0.4, -0.2) is 70.0 Å². The van der Waals surface area contributed by atoms with Crippen LogP contribution < -0.4 is 20.1 Å². The molecular weight excluding hydrogens is 372 g/mol. The molecule has 29 heavy (non-hydrogen) atoms. The van der Waals surface area contributed by atoms with Gasteiger partial charge in [0.2, 0.25) is 0 Å². The van der Waals surface area contributed by atoms with Crippen LogP contribution in [-0.2, 0) is 11.2 Å². The minimum absolute atomic E-state index is 0.307. The van der Waals surface area contributed by atoms with Crippen molar-refractivity contribution in [2.75, 3.05) is 47.4 Å². The van der Waals surface area contributed by atoms with Crippen LogP contribution >= 0.6 is 0 Å². The molecule has 0 saturated carbocycles. The molecule has 0 aliphatic rings. The Morgan fingerprint density at radius 2 is 1.76 bits per heavy atom. The molecule has 1 amide bonds. The second kappa shape index (κ2) is 12.0. The zero-order valence-electron chi connectivity index (χ0n) is 18.8. The Morgan fingerprint density at radius 1 is 1.10 bits per heavy atom. The maximum Gasteiger partial charge on any atom is 0.410 e. The van der Waals surface area contributed by atoms with Crippen LogP contribution in [0.2, 0.25) is 0 Å². The fraction of sp³-hybridized carbons (Fsp3) is 0.619. The zero-order valence-corrected chi connectivity index (χ0v) is 18.8. The minimum Gasteiger partial charge on any atom is -0.493 e. The molecule has 0 saturated heterocycles. The van der Waals surface area contributed by atoms with E-state index in [1.54, 1.807) is 26.2 Å². The van der Waals surface area contributed by atoms with E-state index in [-0.39, 0.29) is 6.09 Å². The number of benzene rings is 1. The standard InChI is InChI=1S/C21H36N4O4/c1-8-25(20(26)29-21(2,3)4)14-13-24-19(22-5)23-12-11-16-9-10-17(27-6)18(15-16)28-7/h9-10,15H,8,11-14H2,1-7H3,(H2,22,23,24). The molecule has 164 valence electrons. The third-order valence-corrected chi connectivity index (χ3v) is 4.09. The summed E-state index contributed by atoms with van der Waals surface area (Å²) in [4.78, 5) is 18.1. The number of guanidine groups is 1. The second-order valence-corrected chi connectivity index (χ2v) is 7.43. The quantitative estimate of drug-likeness (QED) is 0.483. The van der Waals surface area contributed by atoms with E-state index < -0.39 is 5.60 Å². The largest absolute Gasteiger partial charge is 0.493 e. The summed E-state index contributed by atoms with van der Waals surface area (Å²) in [6.07, 6.45) is 0.498. The van der Waals surface area contributed by atoms with Gasteiger partial charge in [-0.05, 0) is 51.8 Å². The average Bonchev–Trinajstić information content (AvgIpc) is 2.68. The number of methoxy groups -OCH3 is 2. The SMILES string of the molecule is CCN(CCNC(=NC)NCCc1ccc(OC)c(OC)c1)C(=O)OC(C)(C)C. The normalized spacial score (nSPS) is 11.6. The highest BCUT2D eigenvalue weighted by atomic mass is 16.6. The van der Waals surface area contributed by atoms with Gasteiger partial charge in [-0.3, -0.25) is 4.99 Å². The summed E-state index contributed by atoms with van der Waals surface area (Å²) in [6.45, 7) is 9.91. The molecule has 0 aliphatic heterocycles. The van der Waals surface area contributed by atoms with E-state index in [1.807, 2.05) is 45.9 Å². The predicted octanol–water partition coefficient (Wildman–Crippen LogP) is 2.67. The van der Waals surface area contributed by atoms with Crippen LogP contribution in [0.1, 0.15) is 33.3 Å². The number of likely N-dealkylation sites (N-methyl/N-ethyl adjacent to an activating group) is 1. The molecule has 0 heterocycles. The molecule has 0 aromatic heterocycles. The van der Waals surface area contributed by atoms with Crippen molar-refractivity contribution in [1.82, 2.24) is 15.5 Å². The van der Waals surface area contributed by atoms with Crippen LogP contribution in [0, 0.1) is 0 Å². The first-order valence-electron chi connectivity index (χ1n) is 9.87. The van der Waals surface area contributed by atoms with Gasteiger partial charge in [-0.15, -0.1) is 0 Å². The van der Waals surface area contributed by atoms with Gasteiger partial charge >= 0.3 is 6.09 Å². The second-order valence-electron chi connectivity index (χ2n) is 7.43. The Morgan fingerprint density at radius 3 is 2.31 bits per heavy atom. The topological polar surface area (TPSA) is 84.4 Å². The number of ether oxygens (including phenoxy) is 3. The van der Waals surface area contributed by atoms with E-state index in [1.165, 1.54) is 0 Å². The monoisotopic (exact) mass is 408 g/mol. The van der Waals surface area contributed by atoms with E-state index in [0.717, 1.165) is 12.0 Å². The molecule has 8 nitrogen and oxygen atoms in total. The number of amides is 1. The number of aliphatic imine (C=N–C) groups is 1. The Kier molecular flexibility index (Phi) is 10.1. The molecule has 2 N–H and O–H groups in total. The predicted molar refractivity (Wildman–Crippen MR) is 116 cm³/mol. The molecule has 0 unspecified atom stereocenters. The molecule has 1 aromatic carbocycles. The molecule has 0 bridgehead atoms. The number of hydrogen-bond acceptors (Lipinski definition) is 5. The van der Waals surface area contributed by atoms with Crippen LogP contribution in [0.4, 0.5) is 4.79 Å². The van der Waals surface area contributed by atoms with Gasteiger partial charge in [0.25, 0.3) is 0 Å². The number of nitrogens with zero attached hydrogens (tertiary/aromatic N) is 2. The third-order valence-electron chi connectivity index (χ3n) is 4.09. The lowest BCUT2D eigenvalue weighted by Gasteiger charge is -2.26. The van der Waals surface area contributed by atoms with Crippen molar-refractivity contribution in [3.05, 3.63) is 23.8 Å². The first kappa shape index (κ1) is 24.4. The van der Waals surface area contributed by atoms with Crippen LogP contribution in [0.25, 0.3) is 0 Å². The van der Waals surface area contributed by atoms with E-state index in [9.17, 15) is 4.79 Å². The highest BCUT2D eigenvalue weighted by molar-refractivity contribution is 5.79. The summed E-state index contributed by atoms with van der Waals surface area (Å²) < 4.78 is 16.0. The number of carbonyl (C=O) groups excluding carboxylic acids is 1. The lowest BCUT2D eigenvalue weighted by molar-refractivity contribution is 0.0264. The summed E-state index contributed by atoms with van der Waals surface area (Å²) in [5, 5.41) is 6.50. The van der Waals surface area contributed by atoms with Gasteiger partial charge in [-0.2, -0.15) is 0 Å². The van der Waals surface area contributed by atoms with Crippen LogP contribution in [0.3, 0.4) is 0 Å². The van der Waals surface area contributed by atoms with Gasteiger partial charge in [0.1, 0.15) is 5.60 Å². The zero-order chi connectivity index (χ0) is 21.9. The Bertz CT molecular complexity index is 671. The van der Waals surface area contributed by atoms with E-state index in [2.05, 4.69) is 15.6 Å². The summed E-state index contributed by atoms with van der Waals surface area (Å²) in [5.74, 6) is 2.12. The highest BCUT2D eigenvalue weighted by Gasteiger charge is 2.20. The molecule has 0 aliphatic carbocycles. The first-order chi connectivity index (χ1) is 13.7. The Balaban J connectivity index is 2.44.